The first kappa shape index (κ1) is 10.7. The lowest BCUT2D eigenvalue weighted by atomic mass is 10.0. The van der Waals surface area contributed by atoms with Crippen LogP contribution in [0, 0.1) is 21.4 Å². The van der Waals surface area contributed by atoms with Crippen molar-refractivity contribution in [1.29, 1.82) is 5.26 Å². The third kappa shape index (κ3) is 1.91. The van der Waals surface area contributed by atoms with Crippen molar-refractivity contribution in [1.82, 2.24) is 0 Å². The molecule has 0 unspecified atom stereocenters. The standard InChI is InChI=1S/C9H7N3O3/c1-5(13)9-6(4-10)2-7(12(14)15)3-8(9)11/h2-3H,11H2,1H3. The molecule has 0 atom stereocenters. The maximum atomic E-state index is 11.1. The molecule has 2 N–H and O–H groups in total. The van der Waals surface area contributed by atoms with Gasteiger partial charge in [-0.05, 0) is 6.92 Å². The van der Waals surface area contributed by atoms with Crippen molar-refractivity contribution in [3.05, 3.63) is 33.4 Å². The van der Waals surface area contributed by atoms with E-state index in [0.29, 0.717) is 0 Å². The average molecular weight is 205 g/mol. The first-order valence-corrected chi connectivity index (χ1v) is 3.96. The van der Waals surface area contributed by atoms with Crippen LogP contribution in [0.15, 0.2) is 12.1 Å². The molecule has 0 heterocycles. The van der Waals surface area contributed by atoms with E-state index in [0.717, 1.165) is 12.1 Å². The molecule has 0 saturated carbocycles. The Kier molecular flexibility index (Phi) is 2.67. The molecule has 0 amide bonds. The second-order valence-electron chi connectivity index (χ2n) is 2.88. The zero-order valence-corrected chi connectivity index (χ0v) is 7.85. The number of hydrogen-bond acceptors (Lipinski definition) is 5. The van der Waals surface area contributed by atoms with Gasteiger partial charge in [-0.3, -0.25) is 14.9 Å². The Hall–Kier alpha value is -2.42. The van der Waals surface area contributed by atoms with E-state index in [9.17, 15) is 14.9 Å². The lowest BCUT2D eigenvalue weighted by Gasteiger charge is -2.03. The number of nitrogens with two attached hydrogens (primary N) is 1. The highest BCUT2D eigenvalue weighted by Gasteiger charge is 2.17. The van der Waals surface area contributed by atoms with Gasteiger partial charge in [-0.25, -0.2) is 0 Å². The largest absolute Gasteiger partial charge is 0.398 e. The van der Waals surface area contributed by atoms with Crippen molar-refractivity contribution in [3.8, 4) is 6.07 Å². The highest BCUT2D eigenvalue weighted by molar-refractivity contribution is 6.01. The van der Waals surface area contributed by atoms with Crippen LogP contribution >= 0.6 is 0 Å². The molecule has 0 aliphatic heterocycles. The molecule has 1 aromatic rings. The van der Waals surface area contributed by atoms with Crippen LogP contribution in [0.1, 0.15) is 22.8 Å². The van der Waals surface area contributed by atoms with E-state index >= 15 is 0 Å². The Morgan fingerprint density at radius 3 is 2.60 bits per heavy atom. The Bertz CT molecular complexity index is 488. The van der Waals surface area contributed by atoms with Gasteiger partial charge in [0.05, 0.1) is 21.7 Å². The summed E-state index contributed by atoms with van der Waals surface area (Å²) in [6.07, 6.45) is 0. The molecular formula is C9H7N3O3. The highest BCUT2D eigenvalue weighted by Crippen LogP contribution is 2.24. The number of carbonyl (C=O) groups excluding carboxylic acids is 1. The number of benzene rings is 1. The normalized spacial score (nSPS) is 9.33. The minimum Gasteiger partial charge on any atom is -0.398 e. The van der Waals surface area contributed by atoms with Gasteiger partial charge < -0.3 is 5.73 Å². The molecule has 1 rings (SSSR count). The van der Waals surface area contributed by atoms with E-state index < -0.39 is 4.92 Å². The number of nitrogens with zero attached hydrogens (tertiary/aromatic N) is 2. The van der Waals surface area contributed by atoms with Gasteiger partial charge >= 0.3 is 0 Å². The molecule has 0 fully saturated rings. The second kappa shape index (κ2) is 3.75. The lowest BCUT2D eigenvalue weighted by Crippen LogP contribution is -2.04. The van der Waals surface area contributed by atoms with Crippen molar-refractivity contribution in [2.75, 3.05) is 5.73 Å². The highest BCUT2D eigenvalue weighted by atomic mass is 16.6. The van der Waals surface area contributed by atoms with Gasteiger partial charge in [-0.1, -0.05) is 0 Å². The minimum atomic E-state index is -0.666. The fourth-order valence-electron chi connectivity index (χ4n) is 1.24. The van der Waals surface area contributed by atoms with Crippen LogP contribution in [-0.2, 0) is 0 Å². The summed E-state index contributed by atoms with van der Waals surface area (Å²) in [5.74, 6) is -0.390. The number of anilines is 1. The summed E-state index contributed by atoms with van der Waals surface area (Å²) in [6, 6.07) is 3.81. The molecule has 76 valence electrons. The van der Waals surface area contributed by atoms with Gasteiger partial charge in [-0.15, -0.1) is 0 Å². The van der Waals surface area contributed by atoms with Crippen molar-refractivity contribution in [2.45, 2.75) is 6.92 Å². The number of rotatable bonds is 2. The predicted molar refractivity (Wildman–Crippen MR) is 52.2 cm³/mol. The Morgan fingerprint density at radius 1 is 1.60 bits per heavy atom. The van der Waals surface area contributed by atoms with Crippen LogP contribution in [0.5, 0.6) is 0 Å². The van der Waals surface area contributed by atoms with Gasteiger partial charge in [0.25, 0.3) is 5.69 Å². The summed E-state index contributed by atoms with van der Waals surface area (Å²) >= 11 is 0. The summed E-state index contributed by atoms with van der Waals surface area (Å²) in [5, 5.41) is 19.2. The summed E-state index contributed by atoms with van der Waals surface area (Å²) in [4.78, 5) is 20.9. The SMILES string of the molecule is CC(=O)c1c(N)cc([N+](=O)[O-])cc1C#N. The molecule has 15 heavy (non-hydrogen) atoms. The Labute approximate surface area is 85.1 Å². The predicted octanol–water partition coefficient (Wildman–Crippen LogP) is 1.25. The molecule has 0 bridgehead atoms. The van der Waals surface area contributed by atoms with E-state index in [1.54, 1.807) is 6.07 Å². The van der Waals surface area contributed by atoms with E-state index in [2.05, 4.69) is 0 Å². The number of hydrogen-bond donors (Lipinski definition) is 1. The molecule has 0 saturated heterocycles. The van der Waals surface area contributed by atoms with Gasteiger partial charge in [0.2, 0.25) is 0 Å². The zero-order chi connectivity index (χ0) is 11.6. The number of nitro groups is 1. The third-order valence-electron chi connectivity index (χ3n) is 1.84. The fourth-order valence-corrected chi connectivity index (χ4v) is 1.24. The molecule has 0 spiro atoms. The van der Waals surface area contributed by atoms with Crippen LogP contribution in [0.25, 0.3) is 0 Å². The molecule has 6 heteroatoms. The van der Waals surface area contributed by atoms with Crippen LogP contribution < -0.4 is 5.73 Å². The Balaban J connectivity index is 3.53. The summed E-state index contributed by atoms with van der Waals surface area (Å²) in [5.41, 5.74) is 5.07. The fraction of sp³-hybridized carbons (Fsp3) is 0.111. The van der Waals surface area contributed by atoms with Crippen molar-refractivity contribution in [2.24, 2.45) is 0 Å². The maximum Gasteiger partial charge on any atom is 0.272 e. The minimum absolute atomic E-state index is 0.0306. The molecule has 6 nitrogen and oxygen atoms in total. The molecule has 0 aromatic heterocycles. The summed E-state index contributed by atoms with van der Waals surface area (Å²) < 4.78 is 0. The summed E-state index contributed by atoms with van der Waals surface area (Å²) in [7, 11) is 0. The number of ketones is 1. The summed E-state index contributed by atoms with van der Waals surface area (Å²) in [6.45, 7) is 1.25. The smallest absolute Gasteiger partial charge is 0.272 e. The van der Waals surface area contributed by atoms with Crippen LogP contribution in [0.4, 0.5) is 11.4 Å². The van der Waals surface area contributed by atoms with E-state index in [4.69, 9.17) is 11.0 Å². The second-order valence-corrected chi connectivity index (χ2v) is 2.88. The van der Waals surface area contributed by atoms with Crippen molar-refractivity contribution < 1.29 is 9.72 Å². The topological polar surface area (TPSA) is 110 Å². The average Bonchev–Trinajstić information content (AvgIpc) is 2.15. The first-order chi connectivity index (χ1) is 6.97. The van der Waals surface area contributed by atoms with Gasteiger partial charge in [-0.2, -0.15) is 5.26 Å². The van der Waals surface area contributed by atoms with E-state index in [1.165, 1.54) is 6.92 Å². The van der Waals surface area contributed by atoms with E-state index in [-0.39, 0.29) is 28.3 Å². The van der Waals surface area contributed by atoms with Crippen LogP contribution in [0.3, 0.4) is 0 Å². The maximum absolute atomic E-state index is 11.1. The molecular weight excluding hydrogens is 198 g/mol. The first-order valence-electron chi connectivity index (χ1n) is 3.96. The number of Topliss-reactive ketones (excluding diaryl/α,β-unsaturated/α-hetero) is 1. The number of non-ortho nitro benzene ring substituents is 1. The van der Waals surface area contributed by atoms with Crippen LogP contribution in [-0.4, -0.2) is 10.7 Å². The molecule has 0 aliphatic carbocycles. The Morgan fingerprint density at radius 2 is 2.20 bits per heavy atom. The van der Waals surface area contributed by atoms with Crippen molar-refractivity contribution >= 4 is 17.2 Å². The zero-order valence-electron chi connectivity index (χ0n) is 7.85. The third-order valence-corrected chi connectivity index (χ3v) is 1.84. The molecule has 0 radical (unpaired) electrons. The lowest BCUT2D eigenvalue weighted by molar-refractivity contribution is -0.384. The van der Waals surface area contributed by atoms with Gasteiger partial charge in [0.15, 0.2) is 5.78 Å². The van der Waals surface area contributed by atoms with E-state index in [1.807, 2.05) is 0 Å². The van der Waals surface area contributed by atoms with Gasteiger partial charge in [0.1, 0.15) is 6.07 Å². The quantitative estimate of drug-likeness (QED) is 0.338. The monoisotopic (exact) mass is 205 g/mol. The van der Waals surface area contributed by atoms with Gasteiger partial charge in [0, 0.05) is 12.1 Å². The number of nitrogen functional groups attached to an aromatic ring is 1. The number of carbonyl (C=O) groups is 1. The van der Waals surface area contributed by atoms with Crippen molar-refractivity contribution in [3.63, 3.8) is 0 Å². The molecule has 1 aromatic carbocycles. The van der Waals surface area contributed by atoms with Crippen LogP contribution in [0.2, 0.25) is 0 Å². The molecule has 0 aliphatic rings. The number of nitriles is 1. The number of nitro benzene ring substituents is 1.